The Kier molecular flexibility index (Phi) is 6.10. The van der Waals surface area contributed by atoms with Gasteiger partial charge in [-0.1, -0.05) is 43.3 Å². The first-order chi connectivity index (χ1) is 13.5. The van der Waals surface area contributed by atoms with E-state index in [9.17, 15) is 9.90 Å². The molecule has 7 nitrogen and oxygen atoms in total. The molecule has 1 aromatic heterocycles. The van der Waals surface area contributed by atoms with Crippen LogP contribution >= 0.6 is 11.7 Å². The predicted molar refractivity (Wildman–Crippen MR) is 112 cm³/mol. The smallest absolute Gasteiger partial charge is 0.257 e. The summed E-state index contributed by atoms with van der Waals surface area (Å²) in [6, 6.07) is 15.2. The zero-order chi connectivity index (χ0) is 20.1. The summed E-state index contributed by atoms with van der Waals surface area (Å²) in [5, 5.41) is 17.0. The monoisotopic (exact) mass is 397 g/mol. The van der Waals surface area contributed by atoms with Crippen molar-refractivity contribution in [1.29, 1.82) is 0 Å². The molecule has 2 aromatic carbocycles. The Morgan fingerprint density at radius 3 is 2.50 bits per heavy atom. The van der Waals surface area contributed by atoms with Crippen LogP contribution in [0.15, 0.2) is 48.5 Å². The number of hydrogen-bond donors (Lipinski definition) is 3. The molecule has 0 aliphatic heterocycles. The van der Waals surface area contributed by atoms with Crippen molar-refractivity contribution in [3.63, 3.8) is 0 Å². The number of aromatic nitrogens is 2. The molecule has 146 valence electrons. The van der Waals surface area contributed by atoms with Crippen LogP contribution in [0.4, 0.5) is 17.3 Å². The lowest BCUT2D eigenvalue weighted by molar-refractivity contribution is 0.0824. The lowest BCUT2D eigenvalue weighted by atomic mass is 10.0. The number of phenolic OH excluding ortho intramolecular Hbond substituents is 1. The summed E-state index contributed by atoms with van der Waals surface area (Å²) in [7, 11) is 3.28. The maximum atomic E-state index is 12.2. The third-order valence-corrected chi connectivity index (χ3v) is 4.86. The highest BCUT2D eigenvalue weighted by Crippen LogP contribution is 2.34. The van der Waals surface area contributed by atoms with Crippen LogP contribution in [0.1, 0.15) is 35.3 Å². The molecule has 3 aromatic rings. The fourth-order valence-corrected chi connectivity index (χ4v) is 3.30. The third-order valence-electron chi connectivity index (χ3n) is 4.34. The molecule has 0 aliphatic carbocycles. The van der Waals surface area contributed by atoms with Crippen molar-refractivity contribution < 1.29 is 9.90 Å². The van der Waals surface area contributed by atoms with Crippen LogP contribution in [0.2, 0.25) is 0 Å². The van der Waals surface area contributed by atoms with Crippen molar-refractivity contribution in [2.24, 2.45) is 0 Å². The van der Waals surface area contributed by atoms with Crippen molar-refractivity contribution in [3.8, 4) is 5.75 Å². The zero-order valence-electron chi connectivity index (χ0n) is 16.0. The van der Waals surface area contributed by atoms with Crippen molar-refractivity contribution in [2.45, 2.75) is 19.4 Å². The van der Waals surface area contributed by atoms with E-state index in [0.717, 1.165) is 23.7 Å². The molecule has 1 amide bonds. The lowest BCUT2D eigenvalue weighted by Gasteiger charge is -2.18. The number of rotatable bonds is 7. The fraction of sp³-hybridized carbons (Fsp3) is 0.250. The van der Waals surface area contributed by atoms with E-state index in [4.69, 9.17) is 0 Å². The SMILES string of the molecule is CC[C@@H](Nc1nsnc1Nc1cccc(C(=O)N(C)C)c1O)c1ccccc1. The number of nitrogens with zero attached hydrogens (tertiary/aromatic N) is 3. The van der Waals surface area contributed by atoms with Gasteiger partial charge in [0.05, 0.1) is 29.0 Å². The maximum absolute atomic E-state index is 12.2. The Balaban J connectivity index is 1.83. The number of amides is 1. The summed E-state index contributed by atoms with van der Waals surface area (Å²) in [5.74, 6) is 0.717. The number of hydrogen-bond acceptors (Lipinski definition) is 7. The van der Waals surface area contributed by atoms with Crippen molar-refractivity contribution in [3.05, 3.63) is 59.7 Å². The number of aromatic hydroxyl groups is 1. The standard InChI is InChI=1S/C20H23N5O2S/c1-4-15(13-9-6-5-7-10-13)21-18-19(24-28-23-18)22-16-12-8-11-14(17(16)26)20(27)25(2)3/h5-12,15,26H,4H2,1-3H3,(H,21,23)(H,22,24)/t15-/m1/s1. The van der Waals surface area contributed by atoms with E-state index in [-0.39, 0.29) is 23.3 Å². The Morgan fingerprint density at radius 1 is 1.11 bits per heavy atom. The Labute approximate surface area is 168 Å². The van der Waals surface area contributed by atoms with Crippen molar-refractivity contribution in [1.82, 2.24) is 13.6 Å². The van der Waals surface area contributed by atoms with E-state index in [1.807, 2.05) is 18.2 Å². The van der Waals surface area contributed by atoms with E-state index in [0.29, 0.717) is 17.3 Å². The van der Waals surface area contributed by atoms with Gasteiger partial charge in [0.2, 0.25) is 0 Å². The van der Waals surface area contributed by atoms with Crippen LogP contribution in [0.3, 0.4) is 0 Å². The van der Waals surface area contributed by atoms with Gasteiger partial charge in [0.25, 0.3) is 5.91 Å². The van der Waals surface area contributed by atoms with Crippen molar-refractivity contribution >= 4 is 35.0 Å². The van der Waals surface area contributed by atoms with Gasteiger partial charge >= 0.3 is 0 Å². The first-order valence-corrected chi connectivity index (χ1v) is 9.69. The number of carbonyl (C=O) groups is 1. The number of para-hydroxylation sites is 1. The van der Waals surface area contributed by atoms with Gasteiger partial charge in [-0.05, 0) is 24.1 Å². The van der Waals surface area contributed by atoms with Crippen LogP contribution in [-0.4, -0.2) is 38.8 Å². The summed E-state index contributed by atoms with van der Waals surface area (Å²) >= 11 is 1.07. The molecule has 0 saturated heterocycles. The highest BCUT2D eigenvalue weighted by atomic mass is 32.1. The van der Waals surface area contributed by atoms with Gasteiger partial charge in [0, 0.05) is 14.1 Å². The maximum Gasteiger partial charge on any atom is 0.257 e. The number of nitrogens with one attached hydrogen (secondary N) is 2. The van der Waals surface area contributed by atoms with Gasteiger partial charge in [0.1, 0.15) is 0 Å². The molecule has 3 rings (SSSR count). The minimum atomic E-state index is -0.272. The molecular weight excluding hydrogens is 374 g/mol. The summed E-state index contributed by atoms with van der Waals surface area (Å²) in [4.78, 5) is 13.6. The number of benzene rings is 2. The van der Waals surface area contributed by atoms with Gasteiger partial charge in [-0.15, -0.1) is 0 Å². The molecule has 0 radical (unpaired) electrons. The summed E-state index contributed by atoms with van der Waals surface area (Å²) in [6.45, 7) is 2.10. The average molecular weight is 398 g/mol. The molecule has 1 heterocycles. The lowest BCUT2D eigenvalue weighted by Crippen LogP contribution is -2.21. The summed E-state index contributed by atoms with van der Waals surface area (Å²) in [6.07, 6.45) is 0.874. The molecule has 0 unspecified atom stereocenters. The quantitative estimate of drug-likeness (QED) is 0.516. The van der Waals surface area contributed by atoms with Crippen LogP contribution in [0.5, 0.6) is 5.75 Å². The summed E-state index contributed by atoms with van der Waals surface area (Å²) in [5.41, 5.74) is 1.78. The molecule has 3 N–H and O–H groups in total. The van der Waals surface area contributed by atoms with Crippen LogP contribution in [-0.2, 0) is 0 Å². The molecule has 28 heavy (non-hydrogen) atoms. The van der Waals surface area contributed by atoms with Gasteiger partial charge in [-0.2, -0.15) is 8.75 Å². The van der Waals surface area contributed by atoms with E-state index in [1.165, 1.54) is 4.90 Å². The average Bonchev–Trinajstić information content (AvgIpc) is 3.14. The minimum absolute atomic E-state index is 0.0842. The predicted octanol–water partition coefficient (Wildman–Crippen LogP) is 4.25. The molecular formula is C20H23N5O2S. The second-order valence-corrected chi connectivity index (χ2v) is 7.03. The first kappa shape index (κ1) is 19.6. The Morgan fingerprint density at radius 2 is 1.82 bits per heavy atom. The van der Waals surface area contributed by atoms with E-state index >= 15 is 0 Å². The zero-order valence-corrected chi connectivity index (χ0v) is 16.8. The van der Waals surface area contributed by atoms with Crippen LogP contribution in [0, 0.1) is 0 Å². The highest BCUT2D eigenvalue weighted by molar-refractivity contribution is 6.99. The molecule has 8 heteroatoms. The molecule has 1 atom stereocenters. The Hall–Kier alpha value is -3.13. The van der Waals surface area contributed by atoms with E-state index in [1.54, 1.807) is 32.3 Å². The van der Waals surface area contributed by atoms with Gasteiger partial charge < -0.3 is 20.6 Å². The molecule has 0 spiro atoms. The van der Waals surface area contributed by atoms with E-state index < -0.39 is 0 Å². The van der Waals surface area contributed by atoms with Crippen LogP contribution in [0.25, 0.3) is 0 Å². The number of phenols is 1. The molecule has 0 aliphatic rings. The number of anilines is 3. The van der Waals surface area contributed by atoms with Gasteiger partial charge in [0.15, 0.2) is 17.4 Å². The largest absolute Gasteiger partial charge is 0.505 e. The normalized spacial score (nSPS) is 11.7. The first-order valence-electron chi connectivity index (χ1n) is 8.96. The topological polar surface area (TPSA) is 90.4 Å². The Bertz CT molecular complexity index is 943. The second-order valence-electron chi connectivity index (χ2n) is 6.50. The molecule has 0 saturated carbocycles. The van der Waals surface area contributed by atoms with Crippen LogP contribution < -0.4 is 10.6 Å². The molecule has 0 bridgehead atoms. The highest BCUT2D eigenvalue weighted by Gasteiger charge is 2.19. The number of carbonyl (C=O) groups excluding carboxylic acids is 1. The second kappa shape index (κ2) is 8.71. The van der Waals surface area contributed by atoms with Gasteiger partial charge in [-0.25, -0.2) is 0 Å². The van der Waals surface area contributed by atoms with E-state index in [2.05, 4.69) is 38.4 Å². The van der Waals surface area contributed by atoms with Gasteiger partial charge in [-0.3, -0.25) is 4.79 Å². The minimum Gasteiger partial charge on any atom is -0.505 e. The fourth-order valence-electron chi connectivity index (χ4n) is 2.82. The third kappa shape index (κ3) is 4.23. The van der Waals surface area contributed by atoms with Crippen molar-refractivity contribution in [2.75, 3.05) is 24.7 Å². The molecule has 0 fully saturated rings. The summed E-state index contributed by atoms with van der Waals surface area (Å²) < 4.78 is 8.63.